The van der Waals surface area contributed by atoms with E-state index in [1.807, 2.05) is 34.1 Å². The Bertz CT molecular complexity index is 668. The molecule has 27 heavy (non-hydrogen) atoms. The largest absolute Gasteiger partial charge is 0.387 e. The summed E-state index contributed by atoms with van der Waals surface area (Å²) in [6.45, 7) is 2.70. The second-order valence-corrected chi connectivity index (χ2v) is 8.33. The van der Waals surface area contributed by atoms with E-state index in [1.165, 1.54) is 0 Å². The molecule has 2 aliphatic heterocycles. The van der Waals surface area contributed by atoms with Crippen molar-refractivity contribution in [3.63, 3.8) is 0 Å². The molecule has 3 rings (SSSR count). The summed E-state index contributed by atoms with van der Waals surface area (Å²) in [5.74, 6) is 2.47. The number of carbonyl (C=O) groups is 1. The summed E-state index contributed by atoms with van der Waals surface area (Å²) in [7, 11) is 1.71. The molecule has 0 spiro atoms. The van der Waals surface area contributed by atoms with Gasteiger partial charge in [-0.15, -0.1) is 24.0 Å². The van der Waals surface area contributed by atoms with E-state index >= 15 is 0 Å². The maximum absolute atomic E-state index is 12.5. The molecule has 6 nitrogen and oxygen atoms in total. The first kappa shape index (κ1) is 22.6. The molecule has 2 fully saturated rings. The molecular weight excluding hydrogens is 499 g/mol. The minimum absolute atomic E-state index is 0. The van der Waals surface area contributed by atoms with Gasteiger partial charge in [-0.05, 0) is 29.9 Å². The molecule has 1 aromatic rings. The third-order valence-electron chi connectivity index (χ3n) is 4.77. The highest BCUT2D eigenvalue weighted by molar-refractivity contribution is 14.0. The number of piperazine rings is 1. The van der Waals surface area contributed by atoms with Crippen molar-refractivity contribution < 1.29 is 9.90 Å². The molecule has 0 radical (unpaired) electrons. The summed E-state index contributed by atoms with van der Waals surface area (Å²) in [6, 6.07) is 7.58. The van der Waals surface area contributed by atoms with E-state index in [1.54, 1.807) is 18.8 Å². The summed E-state index contributed by atoms with van der Waals surface area (Å²) in [4.78, 5) is 20.6. The maximum atomic E-state index is 12.5. The standard InChI is InChI=1S/C18H25ClN4O2S.HI/c1-20-17(21-12-18(25)6-9-26-13-18)23-8-7-22(16(24)11-23)10-14-2-4-15(19)5-3-14;/h2-5,25H,6-13H2,1H3,(H,20,21);1H. The van der Waals surface area contributed by atoms with Crippen LogP contribution in [0.4, 0.5) is 0 Å². The molecule has 1 aromatic carbocycles. The van der Waals surface area contributed by atoms with Crippen LogP contribution in [0, 0.1) is 0 Å². The summed E-state index contributed by atoms with van der Waals surface area (Å²) >= 11 is 7.68. The number of carbonyl (C=O) groups excluding carboxylic acids is 1. The number of aliphatic imine (C=N–C) groups is 1. The molecule has 2 N–H and O–H groups in total. The molecule has 9 heteroatoms. The Morgan fingerprint density at radius 2 is 2.11 bits per heavy atom. The van der Waals surface area contributed by atoms with Gasteiger partial charge in [-0.25, -0.2) is 0 Å². The first-order valence-electron chi connectivity index (χ1n) is 8.77. The highest BCUT2D eigenvalue weighted by Crippen LogP contribution is 2.27. The van der Waals surface area contributed by atoms with Crippen LogP contribution >= 0.6 is 47.3 Å². The van der Waals surface area contributed by atoms with Crippen LogP contribution in [0.3, 0.4) is 0 Å². The smallest absolute Gasteiger partial charge is 0.242 e. The molecular formula is C18H26ClIN4O2S. The van der Waals surface area contributed by atoms with Crippen molar-refractivity contribution >= 4 is 59.2 Å². The quantitative estimate of drug-likeness (QED) is 0.359. The summed E-state index contributed by atoms with van der Waals surface area (Å²) in [5, 5.41) is 14.4. The number of hydrogen-bond acceptors (Lipinski definition) is 4. The predicted molar refractivity (Wildman–Crippen MR) is 122 cm³/mol. The van der Waals surface area contributed by atoms with Gasteiger partial charge in [0.2, 0.25) is 5.91 Å². The zero-order chi connectivity index (χ0) is 18.6. The average molecular weight is 525 g/mol. The van der Waals surface area contributed by atoms with Crippen molar-refractivity contribution in [3.05, 3.63) is 34.9 Å². The Morgan fingerprint density at radius 3 is 2.70 bits per heavy atom. The van der Waals surface area contributed by atoms with E-state index in [2.05, 4.69) is 10.3 Å². The van der Waals surface area contributed by atoms with Gasteiger partial charge in [-0.3, -0.25) is 9.79 Å². The highest BCUT2D eigenvalue weighted by Gasteiger charge is 2.33. The molecule has 1 amide bonds. The van der Waals surface area contributed by atoms with Crippen LogP contribution in [0.15, 0.2) is 29.3 Å². The number of thioether (sulfide) groups is 1. The molecule has 0 saturated carbocycles. The third kappa shape index (κ3) is 6.13. The highest BCUT2D eigenvalue weighted by atomic mass is 127. The van der Waals surface area contributed by atoms with Gasteiger partial charge in [-0.1, -0.05) is 23.7 Å². The van der Waals surface area contributed by atoms with Crippen LogP contribution in [-0.2, 0) is 11.3 Å². The Balaban J connectivity index is 0.00000261. The van der Waals surface area contributed by atoms with Gasteiger partial charge in [-0.2, -0.15) is 11.8 Å². The zero-order valence-corrected chi connectivity index (χ0v) is 19.3. The number of rotatable bonds is 4. The molecule has 2 heterocycles. The van der Waals surface area contributed by atoms with E-state index in [0.717, 1.165) is 23.5 Å². The van der Waals surface area contributed by atoms with E-state index in [0.29, 0.717) is 43.7 Å². The number of amides is 1. The number of guanidine groups is 1. The summed E-state index contributed by atoms with van der Waals surface area (Å²) in [5.41, 5.74) is 0.390. The van der Waals surface area contributed by atoms with E-state index < -0.39 is 5.60 Å². The zero-order valence-electron chi connectivity index (χ0n) is 15.4. The minimum atomic E-state index is -0.680. The van der Waals surface area contributed by atoms with Crippen LogP contribution in [0.1, 0.15) is 12.0 Å². The van der Waals surface area contributed by atoms with E-state index in [9.17, 15) is 9.90 Å². The first-order valence-corrected chi connectivity index (χ1v) is 10.3. The molecule has 1 unspecified atom stereocenters. The summed E-state index contributed by atoms with van der Waals surface area (Å²) < 4.78 is 0. The van der Waals surface area contributed by atoms with Gasteiger partial charge in [0.1, 0.15) is 0 Å². The number of benzene rings is 1. The van der Waals surface area contributed by atoms with Crippen molar-refractivity contribution in [2.24, 2.45) is 4.99 Å². The molecule has 0 aliphatic carbocycles. The number of nitrogens with zero attached hydrogens (tertiary/aromatic N) is 3. The molecule has 150 valence electrons. The van der Waals surface area contributed by atoms with Crippen LogP contribution in [0.2, 0.25) is 5.02 Å². The van der Waals surface area contributed by atoms with Crippen molar-refractivity contribution in [1.29, 1.82) is 0 Å². The number of halogens is 2. The predicted octanol–water partition coefficient (Wildman–Crippen LogP) is 2.05. The molecule has 2 saturated heterocycles. The monoisotopic (exact) mass is 524 g/mol. The lowest BCUT2D eigenvalue weighted by Gasteiger charge is -2.36. The fourth-order valence-electron chi connectivity index (χ4n) is 3.18. The van der Waals surface area contributed by atoms with Gasteiger partial charge in [0.05, 0.1) is 12.1 Å². The van der Waals surface area contributed by atoms with Gasteiger partial charge in [0, 0.05) is 44.0 Å². The molecule has 1 atom stereocenters. The summed E-state index contributed by atoms with van der Waals surface area (Å²) in [6.07, 6.45) is 0.787. The normalized spacial score (nSPS) is 23.4. The van der Waals surface area contributed by atoms with Crippen LogP contribution in [-0.4, -0.2) is 77.1 Å². The van der Waals surface area contributed by atoms with Crippen LogP contribution < -0.4 is 5.32 Å². The Hall–Kier alpha value is -0.710. The topological polar surface area (TPSA) is 68.2 Å². The van der Waals surface area contributed by atoms with E-state index in [-0.39, 0.29) is 29.9 Å². The second-order valence-electron chi connectivity index (χ2n) is 6.79. The minimum Gasteiger partial charge on any atom is -0.387 e. The van der Waals surface area contributed by atoms with Gasteiger partial charge in [0.15, 0.2) is 5.96 Å². The number of nitrogens with one attached hydrogen (secondary N) is 1. The lowest BCUT2D eigenvalue weighted by Crippen LogP contribution is -2.56. The fourth-order valence-corrected chi connectivity index (χ4v) is 4.60. The van der Waals surface area contributed by atoms with Crippen molar-refractivity contribution in [3.8, 4) is 0 Å². The number of aliphatic hydroxyl groups is 1. The molecule has 2 aliphatic rings. The first-order chi connectivity index (χ1) is 12.5. The average Bonchev–Trinajstić information content (AvgIpc) is 3.06. The molecule has 0 bridgehead atoms. The van der Waals surface area contributed by atoms with Crippen molar-refractivity contribution in [1.82, 2.24) is 15.1 Å². The SMILES string of the molecule is CN=C(NCC1(O)CCSC1)N1CCN(Cc2ccc(Cl)cc2)C(=O)C1.I. The Morgan fingerprint density at radius 1 is 1.37 bits per heavy atom. The van der Waals surface area contributed by atoms with Crippen LogP contribution in [0.5, 0.6) is 0 Å². The Kier molecular flexibility index (Phi) is 8.51. The van der Waals surface area contributed by atoms with Gasteiger partial charge < -0.3 is 20.2 Å². The van der Waals surface area contributed by atoms with E-state index in [4.69, 9.17) is 11.6 Å². The lowest BCUT2D eigenvalue weighted by molar-refractivity contribution is -0.135. The van der Waals surface area contributed by atoms with Gasteiger partial charge >= 0.3 is 0 Å². The lowest BCUT2D eigenvalue weighted by atomic mass is 10.0. The third-order valence-corrected chi connectivity index (χ3v) is 6.26. The van der Waals surface area contributed by atoms with Crippen molar-refractivity contribution in [2.75, 3.05) is 44.7 Å². The second kappa shape index (κ2) is 10.2. The van der Waals surface area contributed by atoms with Crippen molar-refractivity contribution in [2.45, 2.75) is 18.6 Å². The fraction of sp³-hybridized carbons (Fsp3) is 0.556. The maximum Gasteiger partial charge on any atom is 0.242 e. The molecule has 0 aromatic heterocycles. The van der Waals surface area contributed by atoms with Crippen LogP contribution in [0.25, 0.3) is 0 Å². The number of hydrogen-bond donors (Lipinski definition) is 2. The van der Waals surface area contributed by atoms with Gasteiger partial charge in [0.25, 0.3) is 0 Å². The Labute approximate surface area is 186 Å².